The molecule has 0 saturated heterocycles. The number of hydrogen-bond acceptors (Lipinski definition) is 6. The second kappa shape index (κ2) is 11.6. The first-order valence-electron chi connectivity index (χ1n) is 10.1. The van der Waals surface area contributed by atoms with Crippen LogP contribution < -0.4 is 20.5 Å². The van der Waals surface area contributed by atoms with E-state index < -0.39 is 24.4 Å². The van der Waals surface area contributed by atoms with Crippen LogP contribution in [-0.2, 0) is 14.3 Å². The minimum Gasteiger partial charge on any atom is -0.482 e. The molecule has 0 aromatic heterocycles. The second-order valence-electron chi connectivity index (χ2n) is 6.92. The van der Waals surface area contributed by atoms with Crippen molar-refractivity contribution in [1.29, 1.82) is 0 Å². The van der Waals surface area contributed by atoms with Crippen molar-refractivity contribution in [2.24, 2.45) is 0 Å². The van der Waals surface area contributed by atoms with Gasteiger partial charge in [0.05, 0.1) is 0 Å². The maximum absolute atomic E-state index is 12.2. The largest absolute Gasteiger partial charge is 0.482 e. The minimum atomic E-state index is -0.688. The molecule has 0 radical (unpaired) electrons. The predicted octanol–water partition coefficient (Wildman–Crippen LogP) is 2.53. The summed E-state index contributed by atoms with van der Waals surface area (Å²) in [4.78, 5) is 37.9. The van der Waals surface area contributed by atoms with Crippen LogP contribution in [0.1, 0.15) is 35.3 Å². The van der Waals surface area contributed by atoms with Crippen LogP contribution in [0.2, 0.25) is 0 Å². The van der Waals surface area contributed by atoms with E-state index in [1.807, 2.05) is 38.1 Å². The zero-order valence-corrected chi connectivity index (χ0v) is 18.4. The van der Waals surface area contributed by atoms with Crippen LogP contribution >= 0.6 is 0 Å². The average molecular weight is 428 g/mol. The average Bonchev–Trinajstić information content (AvgIpc) is 2.78. The monoisotopic (exact) mass is 427 g/mol. The molecule has 0 heterocycles. The summed E-state index contributed by atoms with van der Waals surface area (Å²) in [5.41, 5.74) is 8.09. The molecule has 0 aliphatic heterocycles. The van der Waals surface area contributed by atoms with E-state index in [0.29, 0.717) is 11.3 Å². The first-order chi connectivity index (χ1) is 14.8. The Morgan fingerprint density at radius 1 is 0.871 bits per heavy atom. The van der Waals surface area contributed by atoms with Crippen LogP contribution in [-0.4, -0.2) is 44.1 Å². The Morgan fingerprint density at radius 2 is 1.55 bits per heavy atom. The van der Waals surface area contributed by atoms with Crippen molar-refractivity contribution >= 4 is 23.5 Å². The van der Waals surface area contributed by atoms with Gasteiger partial charge in [-0.1, -0.05) is 6.07 Å². The fourth-order valence-electron chi connectivity index (χ4n) is 2.78. The molecule has 8 nitrogen and oxygen atoms in total. The van der Waals surface area contributed by atoms with Crippen molar-refractivity contribution in [3.63, 3.8) is 0 Å². The molecule has 0 aliphatic carbocycles. The fourth-order valence-corrected chi connectivity index (χ4v) is 2.78. The molecule has 2 N–H and O–H groups in total. The van der Waals surface area contributed by atoms with E-state index in [1.165, 1.54) is 0 Å². The summed E-state index contributed by atoms with van der Waals surface area (Å²) in [5.74, 6) is -1.27. The van der Waals surface area contributed by atoms with Gasteiger partial charge in [0.1, 0.15) is 5.75 Å². The van der Waals surface area contributed by atoms with Gasteiger partial charge in [0.15, 0.2) is 13.2 Å². The van der Waals surface area contributed by atoms with Crippen LogP contribution in [0.25, 0.3) is 0 Å². The van der Waals surface area contributed by atoms with Crippen LogP contribution in [0.4, 0.5) is 5.69 Å². The molecule has 0 saturated carbocycles. The fraction of sp³-hybridized carbons (Fsp3) is 0.348. The normalized spacial score (nSPS) is 10.2. The lowest BCUT2D eigenvalue weighted by Crippen LogP contribution is -2.43. The topological polar surface area (TPSA) is 97.0 Å². The Kier molecular flexibility index (Phi) is 8.87. The molecule has 2 rings (SSSR count). The number of anilines is 1. The number of nitrogens with zero attached hydrogens (tertiary/aromatic N) is 1. The van der Waals surface area contributed by atoms with E-state index >= 15 is 0 Å². The lowest BCUT2D eigenvalue weighted by molar-refractivity contribution is -0.150. The highest BCUT2D eigenvalue weighted by Crippen LogP contribution is 2.16. The summed E-state index contributed by atoms with van der Waals surface area (Å²) < 4.78 is 10.2. The first-order valence-corrected chi connectivity index (χ1v) is 10.1. The standard InChI is InChI=1S/C23H29N3O5/c1-5-26(6-2)19-10-8-18(9-11-19)23(29)25-24-21(27)14-31-22(28)15-30-20-12-7-16(3)17(4)13-20/h7-13H,5-6,14-15H2,1-4H3,(H,24,27)(H,25,29). The number of carbonyl (C=O) groups excluding carboxylic acids is 3. The number of rotatable bonds is 9. The zero-order valence-electron chi connectivity index (χ0n) is 18.4. The van der Waals surface area contributed by atoms with Crippen molar-refractivity contribution in [1.82, 2.24) is 10.9 Å². The molecule has 31 heavy (non-hydrogen) atoms. The van der Waals surface area contributed by atoms with Gasteiger partial charge in [0.25, 0.3) is 11.8 Å². The minimum absolute atomic E-state index is 0.318. The third-order valence-corrected chi connectivity index (χ3v) is 4.77. The molecule has 0 aliphatic rings. The number of ether oxygens (including phenoxy) is 2. The van der Waals surface area contributed by atoms with E-state index in [-0.39, 0.29) is 6.61 Å². The van der Waals surface area contributed by atoms with Gasteiger partial charge in [-0.25, -0.2) is 4.79 Å². The van der Waals surface area contributed by atoms with Gasteiger partial charge in [-0.3, -0.25) is 20.4 Å². The van der Waals surface area contributed by atoms with Crippen molar-refractivity contribution in [2.45, 2.75) is 27.7 Å². The summed E-state index contributed by atoms with van der Waals surface area (Å²) in [5, 5.41) is 0. The van der Waals surface area contributed by atoms with Crippen molar-refractivity contribution in [3.8, 4) is 5.75 Å². The molecule has 0 unspecified atom stereocenters. The lowest BCUT2D eigenvalue weighted by Gasteiger charge is -2.21. The molecule has 0 fully saturated rings. The number of carbonyl (C=O) groups is 3. The smallest absolute Gasteiger partial charge is 0.344 e. The number of aryl methyl sites for hydroxylation is 2. The molecule has 0 spiro atoms. The first kappa shape index (κ1) is 23.7. The number of hydrogen-bond donors (Lipinski definition) is 2. The Balaban J connectivity index is 1.71. The Labute approximate surface area is 182 Å². The van der Waals surface area contributed by atoms with Gasteiger partial charge >= 0.3 is 5.97 Å². The highest BCUT2D eigenvalue weighted by atomic mass is 16.6. The quantitative estimate of drug-likeness (QED) is 0.472. The molecule has 2 aromatic carbocycles. The Bertz CT molecular complexity index is 908. The van der Waals surface area contributed by atoms with Crippen LogP contribution in [0, 0.1) is 13.8 Å². The number of esters is 1. The highest BCUT2D eigenvalue weighted by molar-refractivity contribution is 5.95. The molecular formula is C23H29N3O5. The van der Waals surface area contributed by atoms with Crippen LogP contribution in [0.15, 0.2) is 42.5 Å². The van der Waals surface area contributed by atoms with Gasteiger partial charge in [-0.2, -0.15) is 0 Å². The van der Waals surface area contributed by atoms with Crippen LogP contribution in [0.5, 0.6) is 5.75 Å². The number of amides is 2. The second-order valence-corrected chi connectivity index (χ2v) is 6.92. The van der Waals surface area contributed by atoms with E-state index in [2.05, 4.69) is 29.6 Å². The third kappa shape index (κ3) is 7.33. The molecule has 2 amide bonds. The van der Waals surface area contributed by atoms with Gasteiger partial charge in [0.2, 0.25) is 0 Å². The van der Waals surface area contributed by atoms with Crippen LogP contribution in [0.3, 0.4) is 0 Å². The molecule has 0 atom stereocenters. The third-order valence-electron chi connectivity index (χ3n) is 4.77. The van der Waals surface area contributed by atoms with E-state index in [0.717, 1.165) is 29.9 Å². The van der Waals surface area contributed by atoms with Gasteiger partial charge in [-0.05, 0) is 75.2 Å². The van der Waals surface area contributed by atoms with Gasteiger partial charge in [0, 0.05) is 24.3 Å². The SMILES string of the molecule is CCN(CC)c1ccc(C(=O)NNC(=O)COC(=O)COc2ccc(C)c(C)c2)cc1. The Morgan fingerprint density at radius 3 is 2.16 bits per heavy atom. The van der Waals surface area contributed by atoms with Gasteiger partial charge < -0.3 is 14.4 Å². The lowest BCUT2D eigenvalue weighted by atomic mass is 10.1. The maximum atomic E-state index is 12.2. The van der Waals surface area contributed by atoms with Crippen molar-refractivity contribution < 1.29 is 23.9 Å². The van der Waals surface area contributed by atoms with Crippen molar-refractivity contribution in [2.75, 3.05) is 31.2 Å². The van der Waals surface area contributed by atoms with E-state index in [4.69, 9.17) is 9.47 Å². The summed E-state index contributed by atoms with van der Waals surface area (Å²) in [6.45, 7) is 8.92. The molecule has 2 aromatic rings. The number of nitrogens with one attached hydrogen (secondary N) is 2. The summed E-state index contributed by atoms with van der Waals surface area (Å²) >= 11 is 0. The summed E-state index contributed by atoms with van der Waals surface area (Å²) in [7, 11) is 0. The van der Waals surface area contributed by atoms with E-state index in [9.17, 15) is 14.4 Å². The molecule has 166 valence electrons. The summed E-state index contributed by atoms with van der Waals surface area (Å²) in [6, 6.07) is 12.5. The highest BCUT2D eigenvalue weighted by Gasteiger charge is 2.11. The van der Waals surface area contributed by atoms with Crippen molar-refractivity contribution in [3.05, 3.63) is 59.2 Å². The molecular weight excluding hydrogens is 398 g/mol. The van der Waals surface area contributed by atoms with Gasteiger partial charge in [-0.15, -0.1) is 0 Å². The predicted molar refractivity (Wildman–Crippen MR) is 118 cm³/mol. The summed E-state index contributed by atoms with van der Waals surface area (Å²) in [6.07, 6.45) is 0. The number of benzene rings is 2. The zero-order chi connectivity index (χ0) is 22.8. The Hall–Kier alpha value is -3.55. The molecule has 8 heteroatoms. The van der Waals surface area contributed by atoms with E-state index in [1.54, 1.807) is 18.2 Å². The number of hydrazine groups is 1. The molecule has 0 bridgehead atoms. The maximum Gasteiger partial charge on any atom is 0.344 e.